The number of aromatic carboxylic acids is 1. The van der Waals surface area contributed by atoms with Crippen LogP contribution in [0.4, 0.5) is 5.82 Å². The average Bonchev–Trinajstić information content (AvgIpc) is 2.97. The van der Waals surface area contributed by atoms with E-state index in [0.717, 1.165) is 6.54 Å². The van der Waals surface area contributed by atoms with E-state index in [1.54, 1.807) is 18.7 Å². The fourth-order valence-corrected chi connectivity index (χ4v) is 2.61. The summed E-state index contributed by atoms with van der Waals surface area (Å²) in [6.45, 7) is 4.77. The molecule has 0 aromatic carbocycles. The monoisotopic (exact) mass is 251 g/mol. The van der Waals surface area contributed by atoms with Crippen molar-refractivity contribution in [3.8, 4) is 0 Å². The molecule has 0 saturated heterocycles. The SMILES string of the molecule is CCCC1(CNc2c(C(=O)O)c(C)nn2C)CC1. The van der Waals surface area contributed by atoms with E-state index in [4.69, 9.17) is 0 Å². The number of hydrogen-bond acceptors (Lipinski definition) is 3. The Hall–Kier alpha value is -1.52. The van der Waals surface area contributed by atoms with Gasteiger partial charge in [0.25, 0.3) is 0 Å². The van der Waals surface area contributed by atoms with Gasteiger partial charge in [0.1, 0.15) is 11.4 Å². The molecule has 1 saturated carbocycles. The number of hydrogen-bond donors (Lipinski definition) is 2. The molecular weight excluding hydrogens is 230 g/mol. The summed E-state index contributed by atoms with van der Waals surface area (Å²) < 4.78 is 1.63. The zero-order chi connectivity index (χ0) is 13.3. The van der Waals surface area contributed by atoms with E-state index >= 15 is 0 Å². The van der Waals surface area contributed by atoms with Crippen molar-refractivity contribution in [2.45, 2.75) is 39.5 Å². The highest BCUT2D eigenvalue weighted by Gasteiger charge is 2.41. The molecule has 0 bridgehead atoms. The van der Waals surface area contributed by atoms with Gasteiger partial charge >= 0.3 is 5.97 Å². The number of carboxylic acid groups (broad SMARTS) is 1. The van der Waals surface area contributed by atoms with Gasteiger partial charge in [0, 0.05) is 13.6 Å². The lowest BCUT2D eigenvalue weighted by Crippen LogP contribution is -2.18. The molecule has 18 heavy (non-hydrogen) atoms. The first kappa shape index (κ1) is 12.9. The van der Waals surface area contributed by atoms with Crippen molar-refractivity contribution in [3.05, 3.63) is 11.3 Å². The predicted molar refractivity (Wildman–Crippen MR) is 70.0 cm³/mol. The summed E-state index contributed by atoms with van der Waals surface area (Å²) in [6, 6.07) is 0. The van der Waals surface area contributed by atoms with Crippen molar-refractivity contribution < 1.29 is 9.90 Å². The quantitative estimate of drug-likeness (QED) is 0.814. The summed E-state index contributed by atoms with van der Waals surface area (Å²) >= 11 is 0. The normalized spacial score (nSPS) is 16.6. The molecule has 0 amide bonds. The van der Waals surface area contributed by atoms with E-state index in [-0.39, 0.29) is 0 Å². The second-order valence-electron chi connectivity index (χ2n) is 5.34. The minimum absolute atomic E-state index is 0.296. The molecule has 0 spiro atoms. The fourth-order valence-electron chi connectivity index (χ4n) is 2.61. The van der Waals surface area contributed by atoms with Gasteiger partial charge in [0.05, 0.1) is 5.69 Å². The second kappa shape index (κ2) is 4.63. The molecule has 1 aromatic heterocycles. The lowest BCUT2D eigenvalue weighted by molar-refractivity contribution is 0.0697. The van der Waals surface area contributed by atoms with E-state index < -0.39 is 5.97 Å². The molecule has 1 heterocycles. The third-order valence-corrected chi connectivity index (χ3v) is 3.80. The van der Waals surface area contributed by atoms with Gasteiger partial charge in [0.15, 0.2) is 0 Å². The number of rotatable bonds is 6. The highest BCUT2D eigenvalue weighted by Crippen LogP contribution is 2.49. The number of nitrogens with zero attached hydrogens (tertiary/aromatic N) is 2. The molecule has 1 aliphatic rings. The third-order valence-electron chi connectivity index (χ3n) is 3.80. The van der Waals surface area contributed by atoms with Crippen molar-refractivity contribution in [1.29, 1.82) is 0 Å². The minimum atomic E-state index is -0.913. The van der Waals surface area contributed by atoms with Crippen LogP contribution < -0.4 is 5.32 Å². The van der Waals surface area contributed by atoms with Crippen molar-refractivity contribution >= 4 is 11.8 Å². The molecule has 0 aliphatic heterocycles. The van der Waals surface area contributed by atoms with E-state index in [0.29, 0.717) is 22.5 Å². The summed E-state index contributed by atoms with van der Waals surface area (Å²) in [6.07, 6.45) is 4.87. The molecule has 1 aromatic rings. The van der Waals surface area contributed by atoms with Gasteiger partial charge in [0.2, 0.25) is 0 Å². The maximum Gasteiger partial charge on any atom is 0.341 e. The number of aromatic nitrogens is 2. The first-order valence-corrected chi connectivity index (χ1v) is 6.50. The summed E-state index contributed by atoms with van der Waals surface area (Å²) in [4.78, 5) is 11.2. The summed E-state index contributed by atoms with van der Waals surface area (Å²) in [5, 5.41) is 16.7. The average molecular weight is 251 g/mol. The van der Waals surface area contributed by atoms with E-state index in [1.807, 2.05) is 0 Å². The topological polar surface area (TPSA) is 67.2 Å². The summed E-state index contributed by atoms with van der Waals surface area (Å²) in [5.74, 6) is -0.286. The Morgan fingerprint density at radius 2 is 2.22 bits per heavy atom. The Kier molecular flexibility index (Phi) is 3.32. The second-order valence-corrected chi connectivity index (χ2v) is 5.34. The fraction of sp³-hybridized carbons (Fsp3) is 0.692. The molecule has 0 unspecified atom stereocenters. The van der Waals surface area contributed by atoms with Crippen LogP contribution in [0.5, 0.6) is 0 Å². The number of aryl methyl sites for hydroxylation is 2. The zero-order valence-electron chi connectivity index (χ0n) is 11.3. The van der Waals surface area contributed by atoms with Crippen molar-refractivity contribution in [2.75, 3.05) is 11.9 Å². The standard InChI is InChI=1S/C13H21N3O2/c1-4-5-13(6-7-13)8-14-11-10(12(17)18)9(2)15-16(11)3/h14H,4-8H2,1-3H3,(H,17,18). The molecule has 0 atom stereocenters. The maximum absolute atomic E-state index is 11.2. The lowest BCUT2D eigenvalue weighted by atomic mass is 10.0. The highest BCUT2D eigenvalue weighted by atomic mass is 16.4. The van der Waals surface area contributed by atoms with Gasteiger partial charge in [-0.2, -0.15) is 5.10 Å². The van der Waals surface area contributed by atoms with Crippen molar-refractivity contribution in [3.63, 3.8) is 0 Å². The predicted octanol–water partition coefficient (Wildman–Crippen LogP) is 2.42. The molecule has 2 N–H and O–H groups in total. The van der Waals surface area contributed by atoms with Crippen LogP contribution >= 0.6 is 0 Å². The van der Waals surface area contributed by atoms with E-state index in [9.17, 15) is 9.90 Å². The van der Waals surface area contributed by atoms with Crippen LogP contribution in [-0.4, -0.2) is 27.4 Å². The maximum atomic E-state index is 11.2. The summed E-state index contributed by atoms with van der Waals surface area (Å²) in [5.41, 5.74) is 1.25. The Labute approximate surface area is 107 Å². The van der Waals surface area contributed by atoms with Crippen LogP contribution in [0, 0.1) is 12.3 Å². The van der Waals surface area contributed by atoms with Gasteiger partial charge < -0.3 is 10.4 Å². The van der Waals surface area contributed by atoms with Crippen LogP contribution in [0.3, 0.4) is 0 Å². The van der Waals surface area contributed by atoms with Gasteiger partial charge in [-0.15, -0.1) is 0 Å². The first-order chi connectivity index (χ1) is 8.49. The van der Waals surface area contributed by atoms with E-state index in [2.05, 4.69) is 17.3 Å². The molecular formula is C13H21N3O2. The van der Waals surface area contributed by atoms with Gasteiger partial charge in [-0.3, -0.25) is 4.68 Å². The molecule has 5 heteroatoms. The third kappa shape index (κ3) is 2.35. The van der Waals surface area contributed by atoms with Crippen LogP contribution in [0.15, 0.2) is 0 Å². The van der Waals surface area contributed by atoms with Crippen LogP contribution in [-0.2, 0) is 7.05 Å². The van der Waals surface area contributed by atoms with Gasteiger partial charge in [-0.25, -0.2) is 4.79 Å². The van der Waals surface area contributed by atoms with Crippen LogP contribution in [0.2, 0.25) is 0 Å². The Balaban J connectivity index is 2.12. The zero-order valence-corrected chi connectivity index (χ0v) is 11.3. The Bertz CT molecular complexity index is 461. The number of carboxylic acids is 1. The Morgan fingerprint density at radius 1 is 1.56 bits per heavy atom. The molecule has 2 rings (SSSR count). The minimum Gasteiger partial charge on any atom is -0.477 e. The highest BCUT2D eigenvalue weighted by molar-refractivity contribution is 5.94. The molecule has 100 valence electrons. The van der Waals surface area contributed by atoms with Crippen molar-refractivity contribution in [2.24, 2.45) is 12.5 Å². The first-order valence-electron chi connectivity index (χ1n) is 6.50. The smallest absolute Gasteiger partial charge is 0.341 e. The Morgan fingerprint density at radius 3 is 2.72 bits per heavy atom. The van der Waals surface area contributed by atoms with Gasteiger partial charge in [-0.05, 0) is 31.6 Å². The largest absolute Gasteiger partial charge is 0.477 e. The molecule has 0 radical (unpaired) electrons. The van der Waals surface area contributed by atoms with Crippen LogP contribution in [0.25, 0.3) is 0 Å². The molecule has 1 aliphatic carbocycles. The molecule has 5 nitrogen and oxygen atoms in total. The number of anilines is 1. The lowest BCUT2D eigenvalue weighted by Gasteiger charge is -2.16. The molecule has 1 fully saturated rings. The number of carbonyl (C=O) groups is 1. The van der Waals surface area contributed by atoms with Crippen molar-refractivity contribution in [1.82, 2.24) is 9.78 Å². The number of nitrogens with one attached hydrogen (secondary N) is 1. The van der Waals surface area contributed by atoms with E-state index in [1.165, 1.54) is 25.7 Å². The summed E-state index contributed by atoms with van der Waals surface area (Å²) in [7, 11) is 1.78. The van der Waals surface area contributed by atoms with Crippen LogP contribution in [0.1, 0.15) is 48.7 Å². The van der Waals surface area contributed by atoms with Gasteiger partial charge in [-0.1, -0.05) is 13.3 Å².